The van der Waals surface area contributed by atoms with Gasteiger partial charge in [-0.15, -0.1) is 0 Å². The van der Waals surface area contributed by atoms with E-state index >= 15 is 0 Å². The highest BCUT2D eigenvalue weighted by atomic mass is 19.4. The Morgan fingerprint density at radius 2 is 1.89 bits per heavy atom. The molecule has 0 aromatic carbocycles. The van der Waals surface area contributed by atoms with Crippen LogP contribution in [0.15, 0.2) is 12.4 Å². The molecule has 5 nitrogen and oxygen atoms in total. The Morgan fingerprint density at radius 3 is 2.33 bits per heavy atom. The zero-order valence-electron chi connectivity index (χ0n) is 9.88. The van der Waals surface area contributed by atoms with E-state index in [1.165, 1.54) is 12.4 Å². The fourth-order valence-corrected chi connectivity index (χ4v) is 1.06. The van der Waals surface area contributed by atoms with Crippen molar-refractivity contribution in [1.82, 2.24) is 15.3 Å². The lowest BCUT2D eigenvalue weighted by molar-refractivity contribution is -0.122. The monoisotopic (exact) mass is 262 g/mol. The second-order valence-corrected chi connectivity index (χ2v) is 3.91. The van der Waals surface area contributed by atoms with Crippen LogP contribution in [0.4, 0.5) is 23.7 Å². The van der Waals surface area contributed by atoms with Crippen LogP contribution in [0.1, 0.15) is 25.6 Å². The minimum atomic E-state index is -4.44. The average molecular weight is 262 g/mol. The van der Waals surface area contributed by atoms with Crippen LogP contribution in [0.2, 0.25) is 0 Å². The maximum atomic E-state index is 11.8. The summed E-state index contributed by atoms with van der Waals surface area (Å²) >= 11 is 0. The van der Waals surface area contributed by atoms with Crippen molar-refractivity contribution in [2.75, 3.05) is 11.9 Å². The average Bonchev–Trinajstić information content (AvgIpc) is 2.26. The topological polar surface area (TPSA) is 66.9 Å². The number of halogens is 3. The van der Waals surface area contributed by atoms with E-state index in [2.05, 4.69) is 15.3 Å². The Kier molecular flexibility index (Phi) is 4.46. The molecule has 1 aromatic rings. The van der Waals surface area contributed by atoms with Gasteiger partial charge in [0.2, 0.25) is 0 Å². The van der Waals surface area contributed by atoms with Crippen molar-refractivity contribution in [3.63, 3.8) is 0 Å². The van der Waals surface area contributed by atoms with Gasteiger partial charge in [0.25, 0.3) is 0 Å². The number of alkyl halides is 3. The lowest BCUT2D eigenvalue weighted by Gasteiger charge is -2.10. The molecular weight excluding hydrogens is 249 g/mol. The first-order valence-electron chi connectivity index (χ1n) is 5.21. The SMILES string of the molecule is CC(C)c1ncc(NC(=O)NCC(F)(F)F)cn1. The van der Waals surface area contributed by atoms with E-state index in [0.717, 1.165) is 0 Å². The van der Waals surface area contributed by atoms with Gasteiger partial charge < -0.3 is 10.6 Å². The maximum absolute atomic E-state index is 11.8. The summed E-state index contributed by atoms with van der Waals surface area (Å²) in [6.45, 7) is 2.42. The third kappa shape index (κ3) is 4.98. The zero-order chi connectivity index (χ0) is 13.8. The van der Waals surface area contributed by atoms with E-state index in [9.17, 15) is 18.0 Å². The number of aromatic nitrogens is 2. The molecule has 0 saturated carbocycles. The molecule has 8 heteroatoms. The lowest BCUT2D eigenvalue weighted by Crippen LogP contribution is -2.36. The number of hydrogen-bond donors (Lipinski definition) is 2. The van der Waals surface area contributed by atoms with Gasteiger partial charge >= 0.3 is 12.2 Å². The highest BCUT2D eigenvalue weighted by Gasteiger charge is 2.27. The highest BCUT2D eigenvalue weighted by molar-refractivity contribution is 5.88. The first-order valence-corrected chi connectivity index (χ1v) is 5.21. The van der Waals surface area contributed by atoms with Gasteiger partial charge in [0.05, 0.1) is 18.1 Å². The van der Waals surface area contributed by atoms with Crippen LogP contribution in [0, 0.1) is 0 Å². The molecule has 0 bridgehead atoms. The minimum absolute atomic E-state index is 0.137. The molecule has 0 radical (unpaired) electrons. The Morgan fingerprint density at radius 1 is 1.33 bits per heavy atom. The van der Waals surface area contributed by atoms with Gasteiger partial charge in [0.1, 0.15) is 12.4 Å². The zero-order valence-corrected chi connectivity index (χ0v) is 9.88. The van der Waals surface area contributed by atoms with Crippen molar-refractivity contribution in [2.45, 2.75) is 25.9 Å². The van der Waals surface area contributed by atoms with E-state index < -0.39 is 18.8 Å². The molecular formula is C10H13F3N4O. The van der Waals surface area contributed by atoms with Gasteiger partial charge in [-0.3, -0.25) is 0 Å². The molecule has 0 unspecified atom stereocenters. The van der Waals surface area contributed by atoms with Crippen LogP contribution in [0.25, 0.3) is 0 Å². The normalized spacial score (nSPS) is 11.4. The number of hydrogen-bond acceptors (Lipinski definition) is 3. The Labute approximate surface area is 102 Å². The van der Waals surface area contributed by atoms with E-state index in [1.54, 1.807) is 5.32 Å². The first-order chi connectivity index (χ1) is 8.28. The number of rotatable bonds is 3. The van der Waals surface area contributed by atoms with Crippen molar-refractivity contribution in [3.8, 4) is 0 Å². The molecule has 0 aliphatic rings. The summed E-state index contributed by atoms with van der Waals surface area (Å²) in [5.74, 6) is 0.731. The molecule has 2 amide bonds. The highest BCUT2D eigenvalue weighted by Crippen LogP contribution is 2.13. The predicted molar refractivity (Wildman–Crippen MR) is 59.2 cm³/mol. The third-order valence-corrected chi connectivity index (χ3v) is 1.90. The summed E-state index contributed by atoms with van der Waals surface area (Å²) in [5, 5.41) is 3.88. The van der Waals surface area contributed by atoms with E-state index in [-0.39, 0.29) is 11.6 Å². The van der Waals surface area contributed by atoms with Gasteiger partial charge in [0, 0.05) is 5.92 Å². The lowest BCUT2D eigenvalue weighted by atomic mass is 10.2. The van der Waals surface area contributed by atoms with Crippen LogP contribution in [-0.4, -0.2) is 28.7 Å². The molecule has 2 N–H and O–H groups in total. The van der Waals surface area contributed by atoms with E-state index in [0.29, 0.717) is 5.82 Å². The number of anilines is 1. The quantitative estimate of drug-likeness (QED) is 0.878. The Balaban J connectivity index is 2.50. The fraction of sp³-hybridized carbons (Fsp3) is 0.500. The van der Waals surface area contributed by atoms with Crippen LogP contribution in [-0.2, 0) is 0 Å². The minimum Gasteiger partial charge on any atom is -0.329 e. The van der Waals surface area contributed by atoms with Gasteiger partial charge in [-0.1, -0.05) is 13.8 Å². The van der Waals surface area contributed by atoms with Crippen molar-refractivity contribution < 1.29 is 18.0 Å². The van der Waals surface area contributed by atoms with E-state index in [4.69, 9.17) is 0 Å². The van der Waals surface area contributed by atoms with Crippen molar-refractivity contribution in [1.29, 1.82) is 0 Å². The number of nitrogens with zero attached hydrogens (tertiary/aromatic N) is 2. The molecule has 18 heavy (non-hydrogen) atoms. The number of carbonyl (C=O) groups is 1. The molecule has 1 rings (SSSR count). The summed E-state index contributed by atoms with van der Waals surface area (Å²) in [5.41, 5.74) is 0.235. The molecule has 100 valence electrons. The second kappa shape index (κ2) is 5.65. The van der Waals surface area contributed by atoms with Gasteiger partial charge in [-0.2, -0.15) is 13.2 Å². The molecule has 0 aliphatic carbocycles. The largest absolute Gasteiger partial charge is 0.405 e. The number of nitrogens with one attached hydrogen (secondary N) is 2. The third-order valence-electron chi connectivity index (χ3n) is 1.90. The summed E-state index contributed by atoms with van der Waals surface area (Å²) in [6, 6.07) is -0.951. The van der Waals surface area contributed by atoms with Gasteiger partial charge in [-0.25, -0.2) is 14.8 Å². The van der Waals surface area contributed by atoms with Gasteiger partial charge in [0.15, 0.2) is 0 Å². The predicted octanol–water partition coefficient (Wildman–Crippen LogP) is 2.28. The number of carbonyl (C=O) groups excluding carboxylic acids is 1. The second-order valence-electron chi connectivity index (χ2n) is 3.91. The van der Waals surface area contributed by atoms with Crippen molar-refractivity contribution >= 4 is 11.7 Å². The summed E-state index contributed by atoms with van der Waals surface area (Å²) in [4.78, 5) is 19.0. The Hall–Kier alpha value is -1.86. The van der Waals surface area contributed by atoms with Gasteiger partial charge in [-0.05, 0) is 0 Å². The molecule has 1 aromatic heterocycles. The smallest absolute Gasteiger partial charge is 0.329 e. The molecule has 0 atom stereocenters. The molecule has 0 aliphatic heterocycles. The molecule has 0 spiro atoms. The molecule has 0 saturated heterocycles. The summed E-state index contributed by atoms with van der Waals surface area (Å²) in [7, 11) is 0. The van der Waals surface area contributed by atoms with E-state index in [1.807, 2.05) is 13.8 Å². The summed E-state index contributed by atoms with van der Waals surface area (Å²) in [6.07, 6.45) is -1.75. The first kappa shape index (κ1) is 14.2. The van der Waals surface area contributed by atoms with Crippen LogP contribution in [0.5, 0.6) is 0 Å². The van der Waals surface area contributed by atoms with Crippen LogP contribution < -0.4 is 10.6 Å². The van der Waals surface area contributed by atoms with Crippen LogP contribution in [0.3, 0.4) is 0 Å². The maximum Gasteiger partial charge on any atom is 0.405 e. The Bertz CT molecular complexity index is 403. The number of amides is 2. The summed E-state index contributed by atoms with van der Waals surface area (Å²) < 4.78 is 35.5. The fourth-order valence-electron chi connectivity index (χ4n) is 1.06. The molecule has 0 fully saturated rings. The molecule has 1 heterocycles. The van der Waals surface area contributed by atoms with Crippen molar-refractivity contribution in [3.05, 3.63) is 18.2 Å². The standard InChI is InChI=1S/C10H13F3N4O/c1-6(2)8-14-3-7(4-15-8)17-9(18)16-5-10(11,12)13/h3-4,6H,5H2,1-2H3,(H2,16,17,18). The van der Waals surface area contributed by atoms with Crippen molar-refractivity contribution in [2.24, 2.45) is 0 Å². The number of urea groups is 1. The van der Waals surface area contributed by atoms with Crippen LogP contribution >= 0.6 is 0 Å².